The molecule has 0 bridgehead atoms. The molecule has 24 heavy (non-hydrogen) atoms. The second-order valence-corrected chi connectivity index (χ2v) is 6.12. The van der Waals surface area contributed by atoms with Gasteiger partial charge in [-0.05, 0) is 31.2 Å². The third kappa shape index (κ3) is 4.35. The topological polar surface area (TPSA) is 84.2 Å². The minimum atomic E-state index is -0.252. The van der Waals surface area contributed by atoms with E-state index in [9.17, 15) is 9.59 Å². The van der Waals surface area contributed by atoms with Crippen LogP contribution in [0, 0.1) is 6.92 Å². The van der Waals surface area contributed by atoms with Gasteiger partial charge in [0.1, 0.15) is 5.56 Å². The van der Waals surface area contributed by atoms with Gasteiger partial charge in [-0.1, -0.05) is 30.6 Å². The van der Waals surface area contributed by atoms with Crippen LogP contribution in [0.1, 0.15) is 51.9 Å². The summed E-state index contributed by atoms with van der Waals surface area (Å²) in [5.74, 6) is 0.162. The highest BCUT2D eigenvalue weighted by Gasteiger charge is 2.22. The number of carbonyl (C=O) groups excluding carboxylic acids is 2. The molecular weight excluding hydrogens is 330 g/mol. The predicted octanol–water partition coefficient (Wildman–Crippen LogP) is 2.92. The molecule has 0 aliphatic rings. The van der Waals surface area contributed by atoms with Crippen LogP contribution in [0.25, 0.3) is 0 Å². The molecule has 0 spiro atoms. The number of halogens is 1. The quantitative estimate of drug-likeness (QED) is 0.785. The number of carbonyl (C=O) groups is 2. The number of rotatable bonds is 6. The van der Waals surface area contributed by atoms with E-state index in [4.69, 9.17) is 16.1 Å². The SMILES string of the molecule is Cc1noc(C(C)C)c1C(=O)NCCNC(=O)c1ccc(Cl)cc1. The maximum atomic E-state index is 12.3. The summed E-state index contributed by atoms with van der Waals surface area (Å²) in [7, 11) is 0. The summed E-state index contributed by atoms with van der Waals surface area (Å²) in [5, 5.41) is 9.92. The molecular formula is C17H20ClN3O3. The van der Waals surface area contributed by atoms with Gasteiger partial charge < -0.3 is 15.2 Å². The summed E-state index contributed by atoms with van der Waals surface area (Å²) >= 11 is 5.78. The second kappa shape index (κ2) is 7.97. The average Bonchev–Trinajstić information content (AvgIpc) is 2.94. The third-order valence-electron chi connectivity index (χ3n) is 3.44. The van der Waals surface area contributed by atoms with Gasteiger partial charge in [-0.15, -0.1) is 0 Å². The molecule has 0 saturated carbocycles. The first kappa shape index (κ1) is 18.0. The minimum Gasteiger partial charge on any atom is -0.360 e. The summed E-state index contributed by atoms with van der Waals surface area (Å²) in [6.45, 7) is 6.22. The van der Waals surface area contributed by atoms with E-state index >= 15 is 0 Å². The number of amides is 2. The van der Waals surface area contributed by atoms with Crippen LogP contribution in [0.15, 0.2) is 28.8 Å². The largest absolute Gasteiger partial charge is 0.360 e. The van der Waals surface area contributed by atoms with Gasteiger partial charge >= 0.3 is 0 Å². The lowest BCUT2D eigenvalue weighted by Gasteiger charge is -2.08. The summed E-state index contributed by atoms with van der Waals surface area (Å²) in [6, 6.07) is 6.60. The molecule has 0 unspecified atom stereocenters. The molecule has 0 saturated heterocycles. The van der Waals surface area contributed by atoms with Gasteiger partial charge in [0.2, 0.25) is 0 Å². The fraction of sp³-hybridized carbons (Fsp3) is 0.353. The lowest BCUT2D eigenvalue weighted by Crippen LogP contribution is -2.35. The van der Waals surface area contributed by atoms with E-state index in [1.165, 1.54) is 0 Å². The number of hydrogen-bond donors (Lipinski definition) is 2. The maximum Gasteiger partial charge on any atom is 0.256 e. The highest BCUT2D eigenvalue weighted by atomic mass is 35.5. The lowest BCUT2D eigenvalue weighted by molar-refractivity contribution is 0.0926. The predicted molar refractivity (Wildman–Crippen MR) is 91.4 cm³/mol. The van der Waals surface area contributed by atoms with Crippen LogP contribution in [0.3, 0.4) is 0 Å². The Morgan fingerprint density at radius 3 is 2.29 bits per heavy atom. The number of nitrogens with zero attached hydrogens (tertiary/aromatic N) is 1. The van der Waals surface area contributed by atoms with Gasteiger partial charge in [-0.2, -0.15) is 0 Å². The van der Waals surface area contributed by atoms with Crippen molar-refractivity contribution in [1.82, 2.24) is 15.8 Å². The van der Waals surface area contributed by atoms with Crippen LogP contribution < -0.4 is 10.6 Å². The molecule has 6 nitrogen and oxygen atoms in total. The fourth-order valence-corrected chi connectivity index (χ4v) is 2.33. The molecule has 0 aliphatic carbocycles. The van der Waals surface area contributed by atoms with Crippen molar-refractivity contribution >= 4 is 23.4 Å². The standard InChI is InChI=1S/C17H20ClN3O3/c1-10(2)15-14(11(3)21-24-15)17(23)20-9-8-19-16(22)12-4-6-13(18)7-5-12/h4-7,10H,8-9H2,1-3H3,(H,19,22)(H,20,23). The van der Waals surface area contributed by atoms with Crippen molar-refractivity contribution in [3.8, 4) is 0 Å². The Balaban J connectivity index is 1.84. The maximum absolute atomic E-state index is 12.3. The first-order valence-corrected chi connectivity index (χ1v) is 8.06. The number of hydrogen-bond acceptors (Lipinski definition) is 4. The zero-order valence-electron chi connectivity index (χ0n) is 13.9. The van der Waals surface area contributed by atoms with Gasteiger partial charge in [0.15, 0.2) is 5.76 Å². The number of aryl methyl sites for hydroxylation is 1. The van der Waals surface area contributed by atoms with Crippen LogP contribution in [0.4, 0.5) is 0 Å². The monoisotopic (exact) mass is 349 g/mol. The minimum absolute atomic E-state index is 0.0663. The summed E-state index contributed by atoms with van der Waals surface area (Å²) in [5.41, 5.74) is 1.54. The van der Waals surface area contributed by atoms with E-state index in [1.54, 1.807) is 31.2 Å². The molecule has 1 aromatic heterocycles. The van der Waals surface area contributed by atoms with Gasteiger partial charge in [-0.25, -0.2) is 0 Å². The number of nitrogens with one attached hydrogen (secondary N) is 2. The highest BCUT2D eigenvalue weighted by molar-refractivity contribution is 6.30. The van der Waals surface area contributed by atoms with Crippen LogP contribution in [0.5, 0.6) is 0 Å². The summed E-state index contributed by atoms with van der Waals surface area (Å²) < 4.78 is 5.20. The molecule has 0 aliphatic heterocycles. The molecule has 0 fully saturated rings. The van der Waals surface area contributed by atoms with Crippen LogP contribution >= 0.6 is 11.6 Å². The summed E-state index contributed by atoms with van der Waals surface area (Å²) in [4.78, 5) is 24.2. The van der Waals surface area contributed by atoms with Crippen molar-refractivity contribution in [3.63, 3.8) is 0 Å². The molecule has 7 heteroatoms. The van der Waals surface area contributed by atoms with E-state index in [0.29, 0.717) is 40.7 Å². The first-order valence-electron chi connectivity index (χ1n) is 7.68. The Labute approximate surface area is 145 Å². The van der Waals surface area contributed by atoms with E-state index in [2.05, 4.69) is 15.8 Å². The van der Waals surface area contributed by atoms with Crippen molar-refractivity contribution < 1.29 is 14.1 Å². The zero-order chi connectivity index (χ0) is 17.7. The second-order valence-electron chi connectivity index (χ2n) is 5.68. The van der Waals surface area contributed by atoms with E-state index in [0.717, 1.165) is 0 Å². The molecule has 1 aromatic carbocycles. The Hall–Kier alpha value is -2.34. The molecule has 1 heterocycles. The van der Waals surface area contributed by atoms with Crippen LogP contribution in [-0.2, 0) is 0 Å². The van der Waals surface area contributed by atoms with Gasteiger partial charge in [0.25, 0.3) is 11.8 Å². The van der Waals surface area contributed by atoms with Crippen LogP contribution in [0.2, 0.25) is 5.02 Å². The molecule has 2 amide bonds. The Morgan fingerprint density at radius 1 is 1.12 bits per heavy atom. The molecule has 128 valence electrons. The Kier molecular flexibility index (Phi) is 5.98. The number of benzene rings is 1. The van der Waals surface area contributed by atoms with Gasteiger partial charge in [0.05, 0.1) is 5.69 Å². The van der Waals surface area contributed by atoms with Crippen molar-refractivity contribution in [2.24, 2.45) is 0 Å². The highest BCUT2D eigenvalue weighted by Crippen LogP contribution is 2.21. The van der Waals surface area contributed by atoms with Crippen molar-refractivity contribution in [1.29, 1.82) is 0 Å². The van der Waals surface area contributed by atoms with E-state index < -0.39 is 0 Å². The van der Waals surface area contributed by atoms with Crippen molar-refractivity contribution in [2.45, 2.75) is 26.7 Å². The Morgan fingerprint density at radius 2 is 1.71 bits per heavy atom. The normalized spacial score (nSPS) is 10.7. The fourth-order valence-electron chi connectivity index (χ4n) is 2.20. The van der Waals surface area contributed by atoms with Crippen LogP contribution in [-0.4, -0.2) is 30.1 Å². The molecule has 0 atom stereocenters. The van der Waals surface area contributed by atoms with Gasteiger partial charge in [-0.3, -0.25) is 9.59 Å². The molecule has 2 aromatic rings. The van der Waals surface area contributed by atoms with E-state index in [-0.39, 0.29) is 17.7 Å². The zero-order valence-corrected chi connectivity index (χ0v) is 14.6. The lowest BCUT2D eigenvalue weighted by atomic mass is 10.0. The number of aromatic nitrogens is 1. The third-order valence-corrected chi connectivity index (χ3v) is 3.70. The average molecular weight is 350 g/mol. The Bertz CT molecular complexity index is 723. The smallest absolute Gasteiger partial charge is 0.256 e. The molecule has 2 N–H and O–H groups in total. The van der Waals surface area contributed by atoms with Crippen molar-refractivity contribution in [3.05, 3.63) is 51.9 Å². The van der Waals surface area contributed by atoms with E-state index in [1.807, 2.05) is 13.8 Å². The summed E-state index contributed by atoms with van der Waals surface area (Å²) in [6.07, 6.45) is 0. The van der Waals surface area contributed by atoms with Crippen molar-refractivity contribution in [2.75, 3.05) is 13.1 Å². The molecule has 2 rings (SSSR count). The van der Waals surface area contributed by atoms with Gasteiger partial charge in [0, 0.05) is 29.6 Å². The first-order chi connectivity index (χ1) is 11.4. The molecule has 0 radical (unpaired) electrons.